The van der Waals surface area contributed by atoms with Crippen LogP contribution in [0, 0.1) is 0 Å². The van der Waals surface area contributed by atoms with E-state index in [-0.39, 0.29) is 11.1 Å². The maximum Gasteiger partial charge on any atom is 0.455 e. The van der Waals surface area contributed by atoms with Crippen molar-refractivity contribution in [3.05, 3.63) is 71.8 Å². The third-order valence-corrected chi connectivity index (χ3v) is 3.49. The molecule has 2 rings (SSSR count). The number of carbonyl (C=O) groups is 1. The van der Waals surface area contributed by atoms with E-state index in [9.17, 15) is 26.7 Å². The first-order valence-electron chi connectivity index (χ1n) is 7.31. The van der Waals surface area contributed by atoms with E-state index in [0.29, 0.717) is 0 Å². The highest BCUT2D eigenvalue weighted by atomic mass is 19.4. The lowest BCUT2D eigenvalue weighted by atomic mass is 10.0. The number of benzene rings is 2. The Hall–Kier alpha value is -2.48. The standard InChI is InChI=1S/C17H15F5N2O/c18-16(19,17(20,21)22)14(11-12-7-3-1-4-8-12)23-24-15(25)13-9-5-2-6-10-13/h1-10,14,23H,11H2,(H,24,25)/t14-/m1/s1. The molecular weight excluding hydrogens is 343 g/mol. The summed E-state index contributed by atoms with van der Waals surface area (Å²) in [5.74, 6) is -5.84. The quantitative estimate of drug-likeness (QED) is 0.610. The van der Waals surface area contributed by atoms with Crippen LogP contribution in [-0.4, -0.2) is 24.0 Å². The Labute approximate surface area is 140 Å². The molecule has 25 heavy (non-hydrogen) atoms. The van der Waals surface area contributed by atoms with Crippen molar-refractivity contribution in [1.82, 2.24) is 10.9 Å². The lowest BCUT2D eigenvalue weighted by Gasteiger charge is -2.29. The minimum atomic E-state index is -5.75. The molecule has 8 heteroatoms. The highest BCUT2D eigenvalue weighted by Crippen LogP contribution is 2.39. The third-order valence-electron chi connectivity index (χ3n) is 3.49. The number of halogens is 5. The van der Waals surface area contributed by atoms with Gasteiger partial charge in [0.2, 0.25) is 0 Å². The van der Waals surface area contributed by atoms with Crippen LogP contribution in [0.25, 0.3) is 0 Å². The van der Waals surface area contributed by atoms with Gasteiger partial charge in [-0.3, -0.25) is 10.2 Å². The van der Waals surface area contributed by atoms with Crippen LogP contribution in [0.3, 0.4) is 0 Å². The Kier molecular flexibility index (Phi) is 5.73. The number of nitrogens with one attached hydrogen (secondary N) is 2. The van der Waals surface area contributed by atoms with Gasteiger partial charge < -0.3 is 0 Å². The number of alkyl halides is 5. The summed E-state index contributed by atoms with van der Waals surface area (Å²) in [6.45, 7) is 0. The van der Waals surface area contributed by atoms with Gasteiger partial charge in [-0.2, -0.15) is 22.0 Å². The van der Waals surface area contributed by atoms with E-state index in [2.05, 4.69) is 0 Å². The second kappa shape index (κ2) is 7.60. The zero-order chi connectivity index (χ0) is 18.5. The molecule has 0 saturated heterocycles. The molecule has 0 heterocycles. The van der Waals surface area contributed by atoms with E-state index in [4.69, 9.17) is 0 Å². The molecule has 0 aromatic heterocycles. The third kappa shape index (κ3) is 4.76. The van der Waals surface area contributed by atoms with E-state index < -0.39 is 30.5 Å². The lowest BCUT2D eigenvalue weighted by molar-refractivity contribution is -0.293. The lowest BCUT2D eigenvalue weighted by Crippen LogP contribution is -2.59. The number of hydrogen-bond acceptors (Lipinski definition) is 2. The Morgan fingerprint density at radius 3 is 1.92 bits per heavy atom. The maximum atomic E-state index is 13.8. The Morgan fingerprint density at radius 1 is 0.880 bits per heavy atom. The fourth-order valence-corrected chi connectivity index (χ4v) is 2.13. The SMILES string of the molecule is O=C(NN[C@H](Cc1ccccc1)C(F)(F)C(F)(F)F)c1ccccc1. The van der Waals surface area contributed by atoms with Crippen molar-refractivity contribution in [2.45, 2.75) is 24.6 Å². The van der Waals surface area contributed by atoms with E-state index >= 15 is 0 Å². The van der Waals surface area contributed by atoms with Gasteiger partial charge in [-0.1, -0.05) is 48.5 Å². The van der Waals surface area contributed by atoms with Crippen LogP contribution in [0.4, 0.5) is 22.0 Å². The summed E-state index contributed by atoms with van der Waals surface area (Å²) in [7, 11) is 0. The van der Waals surface area contributed by atoms with Gasteiger partial charge >= 0.3 is 12.1 Å². The highest BCUT2D eigenvalue weighted by molar-refractivity contribution is 5.93. The normalized spacial score (nSPS) is 13.3. The molecule has 0 saturated carbocycles. The molecule has 0 bridgehead atoms. The van der Waals surface area contributed by atoms with Gasteiger partial charge in [-0.05, 0) is 24.1 Å². The molecule has 1 atom stereocenters. The van der Waals surface area contributed by atoms with Gasteiger partial charge in [0.1, 0.15) is 6.04 Å². The van der Waals surface area contributed by atoms with Crippen molar-refractivity contribution in [1.29, 1.82) is 0 Å². The molecule has 0 aliphatic carbocycles. The van der Waals surface area contributed by atoms with Crippen molar-refractivity contribution in [3.63, 3.8) is 0 Å². The first-order valence-corrected chi connectivity index (χ1v) is 7.31. The fraction of sp³-hybridized carbons (Fsp3) is 0.235. The van der Waals surface area contributed by atoms with Crippen LogP contribution < -0.4 is 10.9 Å². The summed E-state index contributed by atoms with van der Waals surface area (Å²) in [5.41, 5.74) is 4.18. The molecule has 0 spiro atoms. The van der Waals surface area contributed by atoms with E-state index in [1.807, 2.05) is 10.9 Å². The molecule has 0 aliphatic rings. The largest absolute Gasteiger partial charge is 0.455 e. The average Bonchev–Trinajstić information content (AvgIpc) is 2.58. The predicted molar refractivity (Wildman–Crippen MR) is 82.0 cm³/mol. The summed E-state index contributed by atoms with van der Waals surface area (Å²) in [6.07, 6.45) is -6.38. The summed E-state index contributed by atoms with van der Waals surface area (Å²) in [5, 5.41) is 0. The van der Waals surface area contributed by atoms with Gasteiger partial charge in [0.15, 0.2) is 0 Å². The van der Waals surface area contributed by atoms with Gasteiger partial charge in [0.25, 0.3) is 5.91 Å². The summed E-state index contributed by atoms with van der Waals surface area (Å²) < 4.78 is 65.8. The molecule has 0 unspecified atom stereocenters. The monoisotopic (exact) mass is 358 g/mol. The molecular formula is C17H15F5N2O. The van der Waals surface area contributed by atoms with Crippen LogP contribution in [0.1, 0.15) is 15.9 Å². The smallest absolute Gasteiger partial charge is 0.287 e. The van der Waals surface area contributed by atoms with E-state index in [0.717, 1.165) is 0 Å². The topological polar surface area (TPSA) is 41.1 Å². The number of hydrazine groups is 1. The first kappa shape index (κ1) is 18.9. The Morgan fingerprint density at radius 2 is 1.40 bits per heavy atom. The number of carbonyl (C=O) groups excluding carboxylic acids is 1. The minimum Gasteiger partial charge on any atom is -0.287 e. The molecule has 2 aromatic rings. The average molecular weight is 358 g/mol. The molecule has 2 N–H and O–H groups in total. The van der Waals surface area contributed by atoms with Crippen LogP contribution >= 0.6 is 0 Å². The maximum absolute atomic E-state index is 13.8. The Balaban J connectivity index is 2.15. The van der Waals surface area contributed by atoms with E-state index in [1.165, 1.54) is 36.4 Å². The van der Waals surface area contributed by atoms with Gasteiger partial charge in [0, 0.05) is 5.56 Å². The van der Waals surface area contributed by atoms with Gasteiger partial charge in [-0.25, -0.2) is 5.43 Å². The van der Waals surface area contributed by atoms with Crippen molar-refractivity contribution >= 4 is 5.91 Å². The van der Waals surface area contributed by atoms with Gasteiger partial charge in [0.05, 0.1) is 0 Å². The second-order valence-corrected chi connectivity index (χ2v) is 5.33. The molecule has 0 fully saturated rings. The summed E-state index contributed by atoms with van der Waals surface area (Å²) in [4.78, 5) is 11.9. The van der Waals surface area contributed by atoms with Crippen molar-refractivity contribution in [2.24, 2.45) is 0 Å². The molecule has 0 aliphatic heterocycles. The van der Waals surface area contributed by atoms with E-state index in [1.54, 1.807) is 24.3 Å². The molecule has 134 valence electrons. The zero-order valence-corrected chi connectivity index (χ0v) is 12.9. The van der Waals surface area contributed by atoms with Crippen LogP contribution in [0.5, 0.6) is 0 Å². The van der Waals surface area contributed by atoms with Crippen molar-refractivity contribution in [3.8, 4) is 0 Å². The van der Waals surface area contributed by atoms with Crippen molar-refractivity contribution in [2.75, 3.05) is 0 Å². The van der Waals surface area contributed by atoms with Gasteiger partial charge in [-0.15, -0.1) is 0 Å². The Bertz CT molecular complexity index is 689. The number of hydrogen-bond donors (Lipinski definition) is 2. The molecule has 3 nitrogen and oxygen atoms in total. The van der Waals surface area contributed by atoms with Crippen LogP contribution in [0.15, 0.2) is 60.7 Å². The van der Waals surface area contributed by atoms with Crippen molar-refractivity contribution < 1.29 is 26.7 Å². The number of amides is 1. The first-order chi connectivity index (χ1) is 11.7. The number of rotatable bonds is 6. The summed E-state index contributed by atoms with van der Waals surface area (Å²) >= 11 is 0. The molecule has 0 radical (unpaired) electrons. The summed E-state index contributed by atoms with van der Waals surface area (Å²) in [6, 6.07) is 12.7. The highest BCUT2D eigenvalue weighted by Gasteiger charge is 2.62. The van der Waals surface area contributed by atoms with Crippen LogP contribution in [-0.2, 0) is 6.42 Å². The van der Waals surface area contributed by atoms with Crippen LogP contribution in [0.2, 0.25) is 0 Å². The molecule has 1 amide bonds. The molecule has 2 aromatic carbocycles. The second-order valence-electron chi connectivity index (χ2n) is 5.33. The fourth-order valence-electron chi connectivity index (χ4n) is 2.13. The predicted octanol–water partition coefficient (Wildman–Crippen LogP) is 3.73. The minimum absolute atomic E-state index is 0.129. The zero-order valence-electron chi connectivity index (χ0n) is 12.9.